The summed E-state index contributed by atoms with van der Waals surface area (Å²) in [6.07, 6.45) is 0. The van der Waals surface area contributed by atoms with Crippen molar-refractivity contribution < 1.29 is 4.79 Å². The Labute approximate surface area is 161 Å². The van der Waals surface area contributed by atoms with Crippen molar-refractivity contribution in [1.29, 1.82) is 0 Å². The third-order valence-corrected chi connectivity index (χ3v) is 6.26. The summed E-state index contributed by atoms with van der Waals surface area (Å²) in [4.78, 5) is 18.4. The lowest BCUT2D eigenvalue weighted by molar-refractivity contribution is -0.121. The van der Waals surface area contributed by atoms with E-state index in [1.807, 2.05) is 68.6 Å². The summed E-state index contributed by atoms with van der Waals surface area (Å²) < 4.78 is 0. The third-order valence-electron chi connectivity index (χ3n) is 3.97. The van der Waals surface area contributed by atoms with Crippen LogP contribution in [0, 0.1) is 5.92 Å². The standard InChI is InChI=1S/C19H22N4OS2/c1-12(2)16(18(24)20-13(3)14-8-5-4-6-9-14)26-19-21-17(22-23-19)15-10-7-11-25-15/h4-13,16H,1-3H3,(H,20,24)(H,21,22,23). The number of thioether (sulfide) groups is 1. The molecule has 0 fully saturated rings. The first kappa shape index (κ1) is 18.7. The molecule has 0 saturated heterocycles. The van der Waals surface area contributed by atoms with E-state index in [2.05, 4.69) is 20.5 Å². The maximum absolute atomic E-state index is 12.8. The lowest BCUT2D eigenvalue weighted by atomic mass is 10.1. The average molecular weight is 387 g/mol. The molecule has 0 spiro atoms. The van der Waals surface area contributed by atoms with Crippen LogP contribution in [0.4, 0.5) is 0 Å². The molecule has 3 aromatic rings. The minimum Gasteiger partial charge on any atom is -0.349 e. The Kier molecular flexibility index (Phi) is 6.11. The lowest BCUT2D eigenvalue weighted by Gasteiger charge is -2.21. The van der Waals surface area contributed by atoms with Crippen LogP contribution in [0.3, 0.4) is 0 Å². The molecule has 2 aromatic heterocycles. The Morgan fingerprint density at radius 1 is 1.15 bits per heavy atom. The van der Waals surface area contributed by atoms with Crippen LogP contribution in [-0.2, 0) is 4.79 Å². The fourth-order valence-corrected chi connectivity index (χ4v) is 4.13. The van der Waals surface area contributed by atoms with Crippen LogP contribution in [0.5, 0.6) is 0 Å². The van der Waals surface area contributed by atoms with Gasteiger partial charge < -0.3 is 5.32 Å². The van der Waals surface area contributed by atoms with Crippen molar-refractivity contribution in [1.82, 2.24) is 20.5 Å². The zero-order valence-corrected chi connectivity index (χ0v) is 16.6. The predicted octanol–water partition coefficient (Wildman–Crippen LogP) is 4.53. The lowest BCUT2D eigenvalue weighted by Crippen LogP contribution is -2.37. The molecule has 2 atom stereocenters. The summed E-state index contributed by atoms with van der Waals surface area (Å²) >= 11 is 3.00. The number of H-pyrrole nitrogens is 1. The van der Waals surface area contributed by atoms with E-state index in [4.69, 9.17) is 0 Å². The van der Waals surface area contributed by atoms with Crippen LogP contribution in [0.15, 0.2) is 53.0 Å². The van der Waals surface area contributed by atoms with Gasteiger partial charge in [0.25, 0.3) is 0 Å². The first-order valence-corrected chi connectivity index (χ1v) is 10.3. The Hall–Kier alpha value is -2.12. The molecule has 2 unspecified atom stereocenters. The Morgan fingerprint density at radius 3 is 2.58 bits per heavy atom. The van der Waals surface area contributed by atoms with Gasteiger partial charge in [-0.15, -0.1) is 16.4 Å². The summed E-state index contributed by atoms with van der Waals surface area (Å²) in [6, 6.07) is 13.9. The molecule has 5 nitrogen and oxygen atoms in total. The topological polar surface area (TPSA) is 70.7 Å². The first-order valence-electron chi connectivity index (χ1n) is 8.53. The van der Waals surface area contributed by atoms with E-state index < -0.39 is 0 Å². The molecule has 26 heavy (non-hydrogen) atoms. The highest BCUT2D eigenvalue weighted by Crippen LogP contribution is 2.29. The summed E-state index contributed by atoms with van der Waals surface area (Å²) in [5.41, 5.74) is 1.09. The van der Waals surface area contributed by atoms with Crippen LogP contribution in [0.25, 0.3) is 10.7 Å². The maximum Gasteiger partial charge on any atom is 0.234 e. The van der Waals surface area contributed by atoms with Crippen molar-refractivity contribution in [2.24, 2.45) is 5.92 Å². The van der Waals surface area contributed by atoms with Gasteiger partial charge in [0, 0.05) is 0 Å². The van der Waals surface area contributed by atoms with Gasteiger partial charge in [0.05, 0.1) is 16.2 Å². The minimum atomic E-state index is -0.256. The van der Waals surface area contributed by atoms with Crippen molar-refractivity contribution in [2.75, 3.05) is 0 Å². The highest BCUT2D eigenvalue weighted by Gasteiger charge is 2.26. The number of nitrogens with one attached hydrogen (secondary N) is 2. The van der Waals surface area contributed by atoms with Gasteiger partial charge in [-0.1, -0.05) is 62.0 Å². The van der Waals surface area contributed by atoms with E-state index in [0.717, 1.165) is 16.3 Å². The van der Waals surface area contributed by atoms with E-state index >= 15 is 0 Å². The van der Waals surface area contributed by atoms with Gasteiger partial charge >= 0.3 is 0 Å². The second-order valence-electron chi connectivity index (χ2n) is 6.37. The molecule has 2 N–H and O–H groups in total. The molecule has 2 heterocycles. The molecule has 0 aliphatic carbocycles. The van der Waals surface area contributed by atoms with Crippen molar-refractivity contribution >= 4 is 29.0 Å². The molecule has 1 amide bonds. The predicted molar refractivity (Wildman–Crippen MR) is 107 cm³/mol. The number of hydrogen-bond donors (Lipinski definition) is 2. The molecule has 1 aromatic carbocycles. The molecule has 136 valence electrons. The third kappa shape index (κ3) is 4.53. The van der Waals surface area contributed by atoms with E-state index in [1.54, 1.807) is 11.3 Å². The van der Waals surface area contributed by atoms with E-state index in [-0.39, 0.29) is 23.1 Å². The Balaban J connectivity index is 1.68. The van der Waals surface area contributed by atoms with Crippen LogP contribution in [0.2, 0.25) is 0 Å². The Bertz CT molecular complexity index is 830. The number of carbonyl (C=O) groups excluding carboxylic acids is 1. The smallest absolute Gasteiger partial charge is 0.234 e. The molecule has 3 rings (SSSR count). The number of hydrogen-bond acceptors (Lipinski definition) is 5. The molecule has 0 aliphatic heterocycles. The summed E-state index contributed by atoms with van der Waals surface area (Å²) in [6.45, 7) is 6.07. The van der Waals surface area contributed by atoms with Gasteiger partial charge in [-0.25, -0.2) is 4.98 Å². The second-order valence-corrected chi connectivity index (χ2v) is 8.42. The van der Waals surface area contributed by atoms with Gasteiger partial charge in [-0.05, 0) is 29.9 Å². The molecule has 0 bridgehead atoms. The molecule has 0 aliphatic rings. The van der Waals surface area contributed by atoms with Crippen LogP contribution in [-0.4, -0.2) is 26.3 Å². The quantitative estimate of drug-likeness (QED) is 0.585. The number of aromatic nitrogens is 3. The molecular weight excluding hydrogens is 364 g/mol. The van der Waals surface area contributed by atoms with Gasteiger partial charge in [0.2, 0.25) is 11.1 Å². The van der Waals surface area contributed by atoms with Crippen molar-refractivity contribution in [3.8, 4) is 10.7 Å². The molecular formula is C19H22N4OS2. The minimum absolute atomic E-state index is 0.00354. The molecule has 0 radical (unpaired) electrons. The molecule has 0 saturated carbocycles. The van der Waals surface area contributed by atoms with Crippen LogP contribution in [0.1, 0.15) is 32.4 Å². The summed E-state index contributed by atoms with van der Waals surface area (Å²) in [7, 11) is 0. The number of amides is 1. The van der Waals surface area contributed by atoms with E-state index in [9.17, 15) is 4.79 Å². The van der Waals surface area contributed by atoms with Crippen LogP contribution >= 0.6 is 23.1 Å². The van der Waals surface area contributed by atoms with Gasteiger partial charge in [0.15, 0.2) is 5.82 Å². The fourth-order valence-electron chi connectivity index (χ4n) is 2.55. The zero-order valence-electron chi connectivity index (χ0n) is 15.0. The monoisotopic (exact) mass is 386 g/mol. The number of rotatable bonds is 7. The van der Waals surface area contributed by atoms with Crippen molar-refractivity contribution in [3.63, 3.8) is 0 Å². The fraction of sp³-hybridized carbons (Fsp3) is 0.316. The number of nitrogens with zero attached hydrogens (tertiary/aromatic N) is 2. The van der Waals surface area contributed by atoms with Crippen LogP contribution < -0.4 is 5.32 Å². The van der Waals surface area contributed by atoms with Gasteiger partial charge in [-0.3, -0.25) is 9.89 Å². The average Bonchev–Trinajstić information content (AvgIpc) is 3.31. The highest BCUT2D eigenvalue weighted by molar-refractivity contribution is 8.00. The van der Waals surface area contributed by atoms with Crippen molar-refractivity contribution in [3.05, 3.63) is 53.4 Å². The zero-order chi connectivity index (χ0) is 18.5. The second kappa shape index (κ2) is 8.51. The maximum atomic E-state index is 12.8. The number of benzene rings is 1. The first-order chi connectivity index (χ1) is 12.5. The number of carbonyl (C=O) groups is 1. The number of thiophene rings is 1. The van der Waals surface area contributed by atoms with Gasteiger partial charge in [-0.2, -0.15) is 0 Å². The highest BCUT2D eigenvalue weighted by atomic mass is 32.2. The summed E-state index contributed by atoms with van der Waals surface area (Å²) in [5, 5.41) is 12.7. The SMILES string of the molecule is CC(NC(=O)C(Sc1n[nH]c(-c2cccs2)n1)C(C)C)c1ccccc1. The Morgan fingerprint density at radius 2 is 1.92 bits per heavy atom. The van der Waals surface area contributed by atoms with E-state index in [1.165, 1.54) is 11.8 Å². The van der Waals surface area contributed by atoms with Crippen molar-refractivity contribution in [2.45, 2.75) is 37.2 Å². The van der Waals surface area contributed by atoms with E-state index in [0.29, 0.717) is 5.16 Å². The molecule has 7 heteroatoms. The summed E-state index contributed by atoms with van der Waals surface area (Å²) in [5.74, 6) is 0.901. The number of aromatic amines is 1. The van der Waals surface area contributed by atoms with Gasteiger partial charge in [0.1, 0.15) is 0 Å². The largest absolute Gasteiger partial charge is 0.349 e. The normalized spacial score (nSPS) is 13.5.